The van der Waals surface area contributed by atoms with Gasteiger partial charge in [-0.1, -0.05) is 66.4 Å². The Morgan fingerprint density at radius 2 is 1.57 bits per heavy atom. The van der Waals surface area contributed by atoms with Gasteiger partial charge in [-0.15, -0.1) is 0 Å². The third kappa shape index (κ3) is 4.17. The number of halogens is 2. The van der Waals surface area contributed by atoms with Crippen molar-refractivity contribution in [2.75, 3.05) is 20.8 Å². The molecule has 35 heavy (non-hydrogen) atoms. The summed E-state index contributed by atoms with van der Waals surface area (Å²) >= 11 is 12.9. The Bertz CT molecular complexity index is 1240. The van der Waals surface area contributed by atoms with E-state index < -0.39 is 5.41 Å². The van der Waals surface area contributed by atoms with Gasteiger partial charge in [0.25, 0.3) is 0 Å². The number of nitrogens with zero attached hydrogens (tertiary/aromatic N) is 1. The van der Waals surface area contributed by atoms with Crippen LogP contribution in [0.4, 0.5) is 0 Å². The lowest BCUT2D eigenvalue weighted by Gasteiger charge is -2.43. The number of carbonyl (C=O) groups is 1. The van der Waals surface area contributed by atoms with Gasteiger partial charge in [0.1, 0.15) is 0 Å². The van der Waals surface area contributed by atoms with Gasteiger partial charge in [-0.3, -0.25) is 4.79 Å². The third-order valence-electron chi connectivity index (χ3n) is 7.60. The minimum Gasteiger partial charge on any atom is -0.493 e. The smallest absolute Gasteiger partial charge is 0.234 e. The highest BCUT2D eigenvalue weighted by Gasteiger charge is 2.48. The second-order valence-electron chi connectivity index (χ2n) is 9.37. The molecule has 1 atom stereocenters. The molecule has 0 bridgehead atoms. The van der Waals surface area contributed by atoms with Gasteiger partial charge in [-0.05, 0) is 71.8 Å². The van der Waals surface area contributed by atoms with Crippen molar-refractivity contribution in [2.45, 2.75) is 43.6 Å². The summed E-state index contributed by atoms with van der Waals surface area (Å²) in [4.78, 5) is 16.6. The van der Waals surface area contributed by atoms with Crippen molar-refractivity contribution in [3.05, 3.63) is 93.0 Å². The lowest BCUT2D eigenvalue weighted by molar-refractivity contribution is -0.139. The molecular formula is C29H29Cl2NO3. The number of methoxy groups -OCH3 is 2. The van der Waals surface area contributed by atoms with Crippen LogP contribution in [0.5, 0.6) is 11.5 Å². The highest BCUT2D eigenvalue weighted by Crippen LogP contribution is 2.48. The Morgan fingerprint density at radius 1 is 0.914 bits per heavy atom. The van der Waals surface area contributed by atoms with Crippen molar-refractivity contribution in [3.8, 4) is 11.5 Å². The summed E-state index contributed by atoms with van der Waals surface area (Å²) in [5.41, 5.74) is 3.57. The van der Waals surface area contributed by atoms with Crippen molar-refractivity contribution < 1.29 is 14.3 Å². The van der Waals surface area contributed by atoms with Crippen molar-refractivity contribution >= 4 is 29.1 Å². The highest BCUT2D eigenvalue weighted by molar-refractivity contribution is 6.31. The van der Waals surface area contributed by atoms with Crippen LogP contribution < -0.4 is 9.47 Å². The third-order valence-corrected chi connectivity index (χ3v) is 8.19. The number of benzene rings is 3. The second kappa shape index (κ2) is 9.75. The number of hydrogen-bond donors (Lipinski definition) is 0. The molecule has 1 aliphatic carbocycles. The number of ether oxygens (including phenoxy) is 2. The molecule has 1 fully saturated rings. The lowest BCUT2D eigenvalue weighted by atomic mass is 9.76. The molecule has 1 saturated carbocycles. The van der Waals surface area contributed by atoms with Gasteiger partial charge >= 0.3 is 0 Å². The molecule has 2 aliphatic rings. The van der Waals surface area contributed by atoms with E-state index in [-0.39, 0.29) is 11.9 Å². The Kier molecular flexibility index (Phi) is 6.69. The van der Waals surface area contributed by atoms with Gasteiger partial charge in [0.2, 0.25) is 5.91 Å². The van der Waals surface area contributed by atoms with E-state index in [0.717, 1.165) is 54.4 Å². The van der Waals surface area contributed by atoms with E-state index in [0.29, 0.717) is 28.1 Å². The molecular weight excluding hydrogens is 481 g/mol. The predicted molar refractivity (Wildman–Crippen MR) is 140 cm³/mol. The summed E-state index contributed by atoms with van der Waals surface area (Å²) in [6.45, 7) is 0.604. The zero-order valence-electron chi connectivity index (χ0n) is 20.0. The standard InChI is InChI=1S/C29H29Cl2NO3/c1-34-25-17-19-13-16-32(27(23(19)18-26(25)35-2)22-7-3-4-8-24(22)31)28(33)29(14-5-6-15-29)20-9-11-21(30)12-10-20/h3-4,7-12,17-18,27H,5-6,13-16H2,1-2H3. The van der Waals surface area contributed by atoms with Crippen LogP contribution in [0.2, 0.25) is 10.0 Å². The molecule has 0 spiro atoms. The van der Waals surface area contributed by atoms with Crippen LogP contribution in [-0.4, -0.2) is 31.6 Å². The summed E-state index contributed by atoms with van der Waals surface area (Å²) in [7, 11) is 3.28. The predicted octanol–water partition coefficient (Wildman–Crippen LogP) is 7.00. The molecule has 1 amide bonds. The van der Waals surface area contributed by atoms with Crippen molar-refractivity contribution in [1.29, 1.82) is 0 Å². The molecule has 1 aliphatic heterocycles. The molecule has 3 aromatic rings. The molecule has 0 radical (unpaired) electrons. The molecule has 1 heterocycles. The van der Waals surface area contributed by atoms with Crippen LogP contribution in [0.25, 0.3) is 0 Å². The van der Waals surface area contributed by atoms with Gasteiger partial charge in [-0.2, -0.15) is 0 Å². The van der Waals surface area contributed by atoms with Gasteiger partial charge in [0, 0.05) is 16.6 Å². The first-order valence-corrected chi connectivity index (χ1v) is 12.8. The SMILES string of the molecule is COc1cc2c(cc1OC)C(c1ccccc1Cl)N(C(=O)C1(c3ccc(Cl)cc3)CCCC1)CC2. The zero-order chi connectivity index (χ0) is 24.6. The van der Waals surface area contributed by atoms with Crippen LogP contribution >= 0.6 is 23.2 Å². The first-order valence-electron chi connectivity index (χ1n) is 12.0. The topological polar surface area (TPSA) is 38.8 Å². The molecule has 0 N–H and O–H groups in total. The number of amides is 1. The molecule has 0 saturated heterocycles. The fraction of sp³-hybridized carbons (Fsp3) is 0.345. The summed E-state index contributed by atoms with van der Waals surface area (Å²) in [6, 6.07) is 19.3. The van der Waals surface area contributed by atoms with E-state index in [4.69, 9.17) is 32.7 Å². The van der Waals surface area contributed by atoms with E-state index in [1.54, 1.807) is 14.2 Å². The van der Waals surface area contributed by atoms with E-state index in [1.165, 1.54) is 0 Å². The maximum Gasteiger partial charge on any atom is 0.234 e. The van der Waals surface area contributed by atoms with E-state index in [2.05, 4.69) is 0 Å². The normalized spacial score (nSPS) is 18.7. The number of carbonyl (C=O) groups excluding carboxylic acids is 1. The molecule has 1 unspecified atom stereocenters. The van der Waals surface area contributed by atoms with Crippen LogP contribution in [0, 0.1) is 0 Å². The number of rotatable bonds is 5. The van der Waals surface area contributed by atoms with Gasteiger partial charge in [-0.25, -0.2) is 0 Å². The Labute approximate surface area is 216 Å². The quantitative estimate of drug-likeness (QED) is 0.371. The Balaban J connectivity index is 1.66. The fourth-order valence-electron chi connectivity index (χ4n) is 5.85. The van der Waals surface area contributed by atoms with E-state index >= 15 is 0 Å². The highest BCUT2D eigenvalue weighted by atomic mass is 35.5. The largest absolute Gasteiger partial charge is 0.493 e. The van der Waals surface area contributed by atoms with Crippen LogP contribution in [0.15, 0.2) is 60.7 Å². The van der Waals surface area contributed by atoms with Crippen molar-refractivity contribution in [2.24, 2.45) is 0 Å². The molecule has 5 rings (SSSR count). The van der Waals surface area contributed by atoms with Crippen molar-refractivity contribution in [1.82, 2.24) is 4.90 Å². The maximum absolute atomic E-state index is 14.6. The van der Waals surface area contributed by atoms with Crippen LogP contribution in [-0.2, 0) is 16.6 Å². The Morgan fingerprint density at radius 3 is 2.23 bits per heavy atom. The molecule has 4 nitrogen and oxygen atoms in total. The van der Waals surface area contributed by atoms with Crippen LogP contribution in [0.3, 0.4) is 0 Å². The van der Waals surface area contributed by atoms with Gasteiger partial charge in [0.15, 0.2) is 11.5 Å². The Hall–Kier alpha value is -2.69. The summed E-state index contributed by atoms with van der Waals surface area (Å²) in [5, 5.41) is 1.32. The summed E-state index contributed by atoms with van der Waals surface area (Å²) < 4.78 is 11.2. The van der Waals surface area contributed by atoms with Gasteiger partial charge in [0.05, 0.1) is 25.7 Å². The average molecular weight is 510 g/mol. The number of hydrogen-bond acceptors (Lipinski definition) is 3. The minimum absolute atomic E-state index is 0.155. The number of fused-ring (bicyclic) bond motifs is 1. The minimum atomic E-state index is -0.557. The van der Waals surface area contributed by atoms with Crippen LogP contribution in [0.1, 0.15) is 54.0 Å². The average Bonchev–Trinajstić information content (AvgIpc) is 3.39. The van der Waals surface area contributed by atoms with Gasteiger partial charge < -0.3 is 14.4 Å². The van der Waals surface area contributed by atoms with E-state index in [9.17, 15) is 4.79 Å². The first kappa shape index (κ1) is 24.0. The summed E-state index contributed by atoms with van der Waals surface area (Å²) in [6.07, 6.45) is 4.45. The fourth-order valence-corrected chi connectivity index (χ4v) is 6.21. The summed E-state index contributed by atoms with van der Waals surface area (Å²) in [5.74, 6) is 1.49. The lowest BCUT2D eigenvalue weighted by Crippen LogP contribution is -2.49. The molecule has 182 valence electrons. The first-order chi connectivity index (χ1) is 17.0. The monoisotopic (exact) mass is 509 g/mol. The van der Waals surface area contributed by atoms with Crippen molar-refractivity contribution in [3.63, 3.8) is 0 Å². The molecule has 6 heteroatoms. The second-order valence-corrected chi connectivity index (χ2v) is 10.2. The van der Waals surface area contributed by atoms with E-state index in [1.807, 2.05) is 65.6 Å². The maximum atomic E-state index is 14.6. The molecule has 0 aromatic heterocycles. The zero-order valence-corrected chi connectivity index (χ0v) is 21.5. The molecule has 3 aromatic carbocycles.